The van der Waals surface area contributed by atoms with Gasteiger partial charge in [-0.05, 0) is 70.6 Å². The van der Waals surface area contributed by atoms with Crippen LogP contribution >= 0.6 is 7.82 Å². The summed E-state index contributed by atoms with van der Waals surface area (Å²) in [7, 11) is 1.47. The second kappa shape index (κ2) is 38.7. The normalized spacial score (nSPS) is 13.9. The van der Waals surface area contributed by atoms with Gasteiger partial charge in [0.2, 0.25) is 0 Å². The molecule has 0 bridgehead atoms. The average molecular weight is 813 g/mol. The standard InChI is InChI=1S/C46H86NO8P/c1-6-8-10-12-14-16-18-20-22-23-25-27-29-31-33-35-37-39-46(49)55-44(43-54-56(50,51)53-41-40-47(3,4)5)42-52-45(48)38-36-34-32-30-28-26-24-21-19-17-15-13-11-9-7-2/h15-18,21,24,44H,6-14,19-20,22-23,25-43H2,1-5H3/p+1/b17-15+,18-16+,24-21+/t44-/m1/s1. The van der Waals surface area contributed by atoms with Gasteiger partial charge in [-0.3, -0.25) is 18.6 Å². The molecule has 1 N–H and O–H groups in total. The van der Waals surface area contributed by atoms with Crippen LogP contribution in [0.4, 0.5) is 0 Å². The van der Waals surface area contributed by atoms with Gasteiger partial charge in [0.25, 0.3) is 0 Å². The lowest BCUT2D eigenvalue weighted by Crippen LogP contribution is -2.37. The molecular formula is C46H87NO8P+. The van der Waals surface area contributed by atoms with Gasteiger partial charge in [-0.25, -0.2) is 4.57 Å². The minimum absolute atomic E-state index is 0.0289. The number of likely N-dealkylation sites (N-methyl/N-ethyl adjacent to an activating group) is 1. The van der Waals surface area contributed by atoms with E-state index < -0.39 is 26.5 Å². The number of hydrogen-bond donors (Lipinski definition) is 1. The van der Waals surface area contributed by atoms with Crippen LogP contribution in [0.25, 0.3) is 0 Å². The van der Waals surface area contributed by atoms with Crippen molar-refractivity contribution in [3.05, 3.63) is 36.5 Å². The van der Waals surface area contributed by atoms with E-state index in [9.17, 15) is 19.0 Å². The number of carbonyl (C=O) groups excluding carboxylic acids is 2. The van der Waals surface area contributed by atoms with Crippen LogP contribution in [-0.2, 0) is 32.7 Å². The summed E-state index contributed by atoms with van der Waals surface area (Å²) in [5.74, 6) is -0.815. The van der Waals surface area contributed by atoms with E-state index >= 15 is 0 Å². The van der Waals surface area contributed by atoms with Crippen LogP contribution in [-0.4, -0.2) is 74.9 Å². The number of quaternary nitrogens is 1. The molecule has 328 valence electrons. The molecule has 0 saturated heterocycles. The number of nitrogens with zero attached hydrogens (tertiary/aromatic N) is 1. The maximum Gasteiger partial charge on any atom is 0.472 e. The number of unbranched alkanes of at least 4 members (excludes halogenated alkanes) is 21. The van der Waals surface area contributed by atoms with Crippen LogP contribution in [0.3, 0.4) is 0 Å². The summed E-state index contributed by atoms with van der Waals surface area (Å²) in [4.78, 5) is 35.4. The van der Waals surface area contributed by atoms with E-state index in [1.54, 1.807) is 0 Å². The highest BCUT2D eigenvalue weighted by Crippen LogP contribution is 2.43. The molecule has 0 aliphatic heterocycles. The number of carbonyl (C=O) groups is 2. The number of esters is 2. The third kappa shape index (κ3) is 41.9. The fraction of sp³-hybridized carbons (Fsp3) is 0.826. The molecular weight excluding hydrogens is 725 g/mol. The van der Waals surface area contributed by atoms with Crippen LogP contribution in [0.1, 0.15) is 194 Å². The van der Waals surface area contributed by atoms with E-state index in [0.717, 1.165) is 64.2 Å². The van der Waals surface area contributed by atoms with Gasteiger partial charge >= 0.3 is 19.8 Å². The van der Waals surface area contributed by atoms with Crippen LogP contribution in [0.2, 0.25) is 0 Å². The Morgan fingerprint density at radius 1 is 0.554 bits per heavy atom. The van der Waals surface area contributed by atoms with Gasteiger partial charge in [-0.1, -0.05) is 147 Å². The van der Waals surface area contributed by atoms with Crippen molar-refractivity contribution in [2.24, 2.45) is 0 Å². The second-order valence-corrected chi connectivity index (χ2v) is 17.9. The first-order valence-electron chi connectivity index (χ1n) is 22.7. The van der Waals surface area contributed by atoms with E-state index in [1.807, 2.05) is 21.1 Å². The topological polar surface area (TPSA) is 108 Å². The average Bonchev–Trinajstić information content (AvgIpc) is 3.15. The predicted molar refractivity (Wildman–Crippen MR) is 234 cm³/mol. The molecule has 0 spiro atoms. The Morgan fingerprint density at radius 3 is 1.46 bits per heavy atom. The van der Waals surface area contributed by atoms with E-state index in [4.69, 9.17) is 18.5 Å². The summed E-state index contributed by atoms with van der Waals surface area (Å²) in [5.41, 5.74) is 0. The van der Waals surface area contributed by atoms with Crippen molar-refractivity contribution in [2.45, 2.75) is 200 Å². The molecule has 1 unspecified atom stereocenters. The monoisotopic (exact) mass is 813 g/mol. The fourth-order valence-corrected chi connectivity index (χ4v) is 6.78. The molecule has 10 heteroatoms. The highest BCUT2D eigenvalue weighted by Gasteiger charge is 2.27. The molecule has 9 nitrogen and oxygen atoms in total. The van der Waals surface area contributed by atoms with E-state index in [-0.39, 0.29) is 32.0 Å². The van der Waals surface area contributed by atoms with Crippen molar-refractivity contribution in [1.29, 1.82) is 0 Å². The highest BCUT2D eigenvalue weighted by molar-refractivity contribution is 7.47. The molecule has 0 aromatic carbocycles. The van der Waals surface area contributed by atoms with Crippen LogP contribution in [0.5, 0.6) is 0 Å². The summed E-state index contributed by atoms with van der Waals surface area (Å²) < 4.78 is 34.3. The third-order valence-corrected chi connectivity index (χ3v) is 10.6. The number of ether oxygens (including phenoxy) is 2. The molecule has 0 amide bonds. The Bertz CT molecular complexity index is 1050. The smallest absolute Gasteiger partial charge is 0.462 e. The van der Waals surface area contributed by atoms with Crippen molar-refractivity contribution >= 4 is 19.8 Å². The lowest BCUT2D eigenvalue weighted by Gasteiger charge is -2.24. The van der Waals surface area contributed by atoms with Gasteiger partial charge in [0.05, 0.1) is 27.7 Å². The van der Waals surface area contributed by atoms with Crippen molar-refractivity contribution in [2.75, 3.05) is 47.5 Å². The highest BCUT2D eigenvalue weighted by atomic mass is 31.2. The Hall–Kier alpha value is -1.77. The molecule has 0 saturated carbocycles. The summed E-state index contributed by atoms with van der Waals surface area (Å²) in [6.45, 7) is 4.37. The first-order valence-corrected chi connectivity index (χ1v) is 24.2. The zero-order valence-corrected chi connectivity index (χ0v) is 37.8. The van der Waals surface area contributed by atoms with Crippen molar-refractivity contribution in [3.63, 3.8) is 0 Å². The zero-order valence-electron chi connectivity index (χ0n) is 36.9. The predicted octanol–water partition coefficient (Wildman–Crippen LogP) is 12.9. The Labute approximate surface area is 344 Å². The van der Waals surface area contributed by atoms with Gasteiger partial charge in [0.1, 0.15) is 19.8 Å². The maximum absolute atomic E-state index is 12.7. The number of hydrogen-bond acceptors (Lipinski definition) is 7. The summed E-state index contributed by atoms with van der Waals surface area (Å²) in [6, 6.07) is 0. The molecule has 0 radical (unpaired) electrons. The molecule has 0 heterocycles. The van der Waals surface area contributed by atoms with Crippen LogP contribution in [0.15, 0.2) is 36.5 Å². The van der Waals surface area contributed by atoms with Crippen LogP contribution < -0.4 is 0 Å². The number of phosphoric acid groups is 1. The largest absolute Gasteiger partial charge is 0.472 e. The van der Waals surface area contributed by atoms with E-state index in [0.29, 0.717) is 17.4 Å². The van der Waals surface area contributed by atoms with Gasteiger partial charge in [-0.2, -0.15) is 0 Å². The SMILES string of the molecule is CCCCC/C=C/C/C=C/CCCCCCCC(=O)OC[C@H](COP(=O)(O)OCC[N+](C)(C)C)OC(=O)CCCCCCCCCCC/C=C/CCCCCC. The molecule has 0 aromatic heterocycles. The zero-order chi connectivity index (χ0) is 41.4. The molecule has 0 aliphatic carbocycles. The molecule has 2 atom stereocenters. The van der Waals surface area contributed by atoms with Gasteiger partial charge in [0.15, 0.2) is 6.10 Å². The van der Waals surface area contributed by atoms with Gasteiger partial charge < -0.3 is 18.9 Å². The van der Waals surface area contributed by atoms with Crippen molar-refractivity contribution in [1.82, 2.24) is 0 Å². The lowest BCUT2D eigenvalue weighted by atomic mass is 10.1. The van der Waals surface area contributed by atoms with E-state index in [2.05, 4.69) is 50.3 Å². The van der Waals surface area contributed by atoms with Gasteiger partial charge in [-0.15, -0.1) is 0 Å². The number of rotatable bonds is 41. The second-order valence-electron chi connectivity index (χ2n) is 16.4. The Kier molecular flexibility index (Phi) is 37.5. The number of phosphoric ester groups is 1. The molecule has 0 fully saturated rings. The molecule has 0 aliphatic rings. The molecule has 0 rings (SSSR count). The van der Waals surface area contributed by atoms with Crippen LogP contribution in [0, 0.1) is 0 Å². The quantitative estimate of drug-likeness (QED) is 0.0214. The first kappa shape index (κ1) is 54.2. The first-order chi connectivity index (χ1) is 27.0. The summed E-state index contributed by atoms with van der Waals surface area (Å²) in [6.07, 6.45) is 43.2. The van der Waals surface area contributed by atoms with Crippen molar-refractivity contribution < 1.29 is 42.1 Å². The minimum atomic E-state index is -4.38. The minimum Gasteiger partial charge on any atom is -0.462 e. The third-order valence-electron chi connectivity index (χ3n) is 9.64. The Morgan fingerprint density at radius 2 is 0.964 bits per heavy atom. The summed E-state index contributed by atoms with van der Waals surface area (Å²) in [5, 5.41) is 0. The Balaban J connectivity index is 4.36. The van der Waals surface area contributed by atoms with E-state index in [1.165, 1.54) is 96.3 Å². The number of allylic oxidation sites excluding steroid dienone is 6. The van der Waals surface area contributed by atoms with Crippen molar-refractivity contribution in [3.8, 4) is 0 Å². The molecule has 56 heavy (non-hydrogen) atoms. The maximum atomic E-state index is 12.7. The lowest BCUT2D eigenvalue weighted by molar-refractivity contribution is -0.870. The fourth-order valence-electron chi connectivity index (χ4n) is 6.04. The van der Waals surface area contributed by atoms with Gasteiger partial charge in [0, 0.05) is 12.8 Å². The summed E-state index contributed by atoms with van der Waals surface area (Å²) >= 11 is 0. The molecule has 0 aromatic rings.